The molecular weight excluding hydrogens is 258 g/mol. The molecule has 0 bridgehead atoms. The molecule has 17 heavy (non-hydrogen) atoms. The van der Waals surface area contributed by atoms with Crippen LogP contribution in [0.4, 0.5) is 0 Å². The Bertz CT molecular complexity index is 339. The van der Waals surface area contributed by atoms with Gasteiger partial charge in [0.1, 0.15) is 6.10 Å². The van der Waals surface area contributed by atoms with Crippen molar-refractivity contribution in [2.24, 2.45) is 5.92 Å². The average Bonchev–Trinajstić information content (AvgIpc) is 2.77. The molecule has 5 heteroatoms. The predicted molar refractivity (Wildman–Crippen MR) is 70.7 cm³/mol. The summed E-state index contributed by atoms with van der Waals surface area (Å²) in [5, 5.41) is 13.2. The highest BCUT2D eigenvalue weighted by molar-refractivity contribution is 7.16. The Morgan fingerprint density at radius 1 is 1.47 bits per heavy atom. The first kappa shape index (κ1) is 13.3. The maximum Gasteiger partial charge on any atom is 0.101 e. The number of thiophene rings is 1. The molecule has 0 radical (unpaired) electrons. The van der Waals surface area contributed by atoms with Crippen molar-refractivity contribution in [3.05, 3.63) is 21.3 Å². The van der Waals surface area contributed by atoms with Crippen LogP contribution in [0.3, 0.4) is 0 Å². The van der Waals surface area contributed by atoms with E-state index in [1.807, 2.05) is 12.1 Å². The molecule has 1 aliphatic rings. The van der Waals surface area contributed by atoms with Gasteiger partial charge in [0, 0.05) is 24.6 Å². The third kappa shape index (κ3) is 4.23. The van der Waals surface area contributed by atoms with E-state index in [0.29, 0.717) is 12.5 Å². The second-order valence-electron chi connectivity index (χ2n) is 4.37. The van der Waals surface area contributed by atoms with Gasteiger partial charge < -0.3 is 15.2 Å². The molecule has 0 saturated carbocycles. The fraction of sp³-hybridized carbons (Fsp3) is 0.667. The second kappa shape index (κ2) is 6.71. The van der Waals surface area contributed by atoms with Crippen LogP contribution in [0.15, 0.2) is 12.1 Å². The minimum atomic E-state index is -0.452. The molecule has 1 aliphatic heterocycles. The highest BCUT2D eigenvalue weighted by atomic mass is 35.5. The summed E-state index contributed by atoms with van der Waals surface area (Å²) in [5.74, 6) is 0.683. The third-order valence-electron chi connectivity index (χ3n) is 3.03. The fourth-order valence-electron chi connectivity index (χ4n) is 1.98. The van der Waals surface area contributed by atoms with Crippen LogP contribution in [0.1, 0.15) is 23.8 Å². The van der Waals surface area contributed by atoms with Gasteiger partial charge in [-0.1, -0.05) is 11.6 Å². The Kier molecular flexibility index (Phi) is 5.25. The lowest BCUT2D eigenvalue weighted by Gasteiger charge is -2.22. The van der Waals surface area contributed by atoms with E-state index in [0.717, 1.165) is 41.8 Å². The minimum Gasteiger partial charge on any atom is -0.386 e. The summed E-state index contributed by atoms with van der Waals surface area (Å²) in [7, 11) is 0. The van der Waals surface area contributed by atoms with Gasteiger partial charge in [0.05, 0.1) is 4.34 Å². The standard InChI is InChI=1S/C12H18ClNO2S/c13-12-2-1-11(17-12)10(15)8-14-7-9-3-5-16-6-4-9/h1-2,9-10,14-15H,3-8H2. The normalized spacial score (nSPS) is 19.4. The lowest BCUT2D eigenvalue weighted by Crippen LogP contribution is -2.30. The van der Waals surface area contributed by atoms with Gasteiger partial charge in [-0.25, -0.2) is 0 Å². The average molecular weight is 276 g/mol. The van der Waals surface area contributed by atoms with Crippen LogP contribution in [0.2, 0.25) is 4.34 Å². The third-order valence-corrected chi connectivity index (χ3v) is 4.37. The van der Waals surface area contributed by atoms with Crippen molar-refractivity contribution in [3.63, 3.8) is 0 Å². The maximum atomic E-state index is 9.93. The van der Waals surface area contributed by atoms with Crippen LogP contribution in [0, 0.1) is 5.92 Å². The minimum absolute atomic E-state index is 0.452. The molecule has 2 heterocycles. The zero-order valence-corrected chi connectivity index (χ0v) is 11.3. The predicted octanol–water partition coefficient (Wildman–Crippen LogP) is 2.45. The summed E-state index contributed by atoms with van der Waals surface area (Å²) in [6, 6.07) is 3.71. The molecule has 2 N–H and O–H groups in total. The molecule has 1 atom stereocenters. The number of aliphatic hydroxyl groups excluding tert-OH is 1. The van der Waals surface area contributed by atoms with Gasteiger partial charge in [-0.3, -0.25) is 0 Å². The van der Waals surface area contributed by atoms with Crippen LogP contribution >= 0.6 is 22.9 Å². The zero-order valence-electron chi connectivity index (χ0n) is 9.69. The van der Waals surface area contributed by atoms with Gasteiger partial charge in [0.2, 0.25) is 0 Å². The summed E-state index contributed by atoms with van der Waals surface area (Å²) in [4.78, 5) is 0.925. The van der Waals surface area contributed by atoms with E-state index in [9.17, 15) is 5.11 Å². The largest absolute Gasteiger partial charge is 0.386 e. The Labute approximate surface area is 111 Å². The Morgan fingerprint density at radius 3 is 2.88 bits per heavy atom. The number of halogens is 1. The smallest absolute Gasteiger partial charge is 0.101 e. The van der Waals surface area contributed by atoms with Crippen molar-refractivity contribution < 1.29 is 9.84 Å². The molecule has 1 fully saturated rings. The molecule has 2 rings (SSSR count). The summed E-state index contributed by atoms with van der Waals surface area (Å²) in [5.41, 5.74) is 0. The number of hydrogen-bond acceptors (Lipinski definition) is 4. The van der Waals surface area contributed by atoms with Crippen LogP contribution in [0.5, 0.6) is 0 Å². The quantitative estimate of drug-likeness (QED) is 0.867. The Balaban J connectivity index is 1.67. The molecule has 1 aromatic rings. The van der Waals surface area contributed by atoms with Crippen LogP contribution < -0.4 is 5.32 Å². The first-order valence-electron chi connectivity index (χ1n) is 5.97. The highest BCUT2D eigenvalue weighted by Crippen LogP contribution is 2.26. The molecule has 3 nitrogen and oxygen atoms in total. The van der Waals surface area contributed by atoms with E-state index in [1.165, 1.54) is 11.3 Å². The van der Waals surface area contributed by atoms with E-state index in [-0.39, 0.29) is 0 Å². The number of aliphatic hydroxyl groups is 1. The molecule has 1 aromatic heterocycles. The number of nitrogens with one attached hydrogen (secondary N) is 1. The van der Waals surface area contributed by atoms with E-state index >= 15 is 0 Å². The van der Waals surface area contributed by atoms with Gasteiger partial charge in [-0.15, -0.1) is 11.3 Å². The molecule has 0 aliphatic carbocycles. The molecule has 1 saturated heterocycles. The Hall–Kier alpha value is -0.130. The molecule has 1 unspecified atom stereocenters. The second-order valence-corrected chi connectivity index (χ2v) is 6.12. The number of hydrogen-bond donors (Lipinski definition) is 2. The molecule has 0 amide bonds. The Morgan fingerprint density at radius 2 is 2.24 bits per heavy atom. The van der Waals surface area contributed by atoms with Crippen molar-refractivity contribution in [3.8, 4) is 0 Å². The lowest BCUT2D eigenvalue weighted by molar-refractivity contribution is 0.0650. The summed E-state index contributed by atoms with van der Waals surface area (Å²) < 4.78 is 6.03. The summed E-state index contributed by atoms with van der Waals surface area (Å²) >= 11 is 7.27. The van der Waals surface area contributed by atoms with Crippen molar-refractivity contribution in [2.75, 3.05) is 26.3 Å². The van der Waals surface area contributed by atoms with Crippen molar-refractivity contribution in [2.45, 2.75) is 18.9 Å². The van der Waals surface area contributed by atoms with Gasteiger partial charge in [0.15, 0.2) is 0 Å². The van der Waals surface area contributed by atoms with Gasteiger partial charge >= 0.3 is 0 Å². The van der Waals surface area contributed by atoms with E-state index < -0.39 is 6.10 Å². The van der Waals surface area contributed by atoms with Crippen molar-refractivity contribution >= 4 is 22.9 Å². The maximum absolute atomic E-state index is 9.93. The van der Waals surface area contributed by atoms with Gasteiger partial charge in [-0.05, 0) is 37.4 Å². The first-order valence-corrected chi connectivity index (χ1v) is 7.17. The van der Waals surface area contributed by atoms with Gasteiger partial charge in [0.25, 0.3) is 0 Å². The first-order chi connectivity index (χ1) is 8.25. The van der Waals surface area contributed by atoms with E-state index in [2.05, 4.69) is 5.32 Å². The van der Waals surface area contributed by atoms with Crippen LogP contribution in [-0.4, -0.2) is 31.4 Å². The summed E-state index contributed by atoms with van der Waals surface area (Å²) in [6.07, 6.45) is 1.79. The zero-order chi connectivity index (χ0) is 12.1. The lowest BCUT2D eigenvalue weighted by atomic mass is 10.0. The van der Waals surface area contributed by atoms with Crippen molar-refractivity contribution in [1.82, 2.24) is 5.32 Å². The highest BCUT2D eigenvalue weighted by Gasteiger charge is 2.15. The number of ether oxygens (including phenoxy) is 1. The topological polar surface area (TPSA) is 41.5 Å². The van der Waals surface area contributed by atoms with Gasteiger partial charge in [-0.2, -0.15) is 0 Å². The number of rotatable bonds is 5. The molecule has 0 aromatic carbocycles. The van der Waals surface area contributed by atoms with E-state index in [1.54, 1.807) is 0 Å². The van der Waals surface area contributed by atoms with Crippen LogP contribution in [-0.2, 0) is 4.74 Å². The molecule has 96 valence electrons. The fourth-order valence-corrected chi connectivity index (χ4v) is 3.03. The molecule has 0 spiro atoms. The van der Waals surface area contributed by atoms with Crippen LogP contribution in [0.25, 0.3) is 0 Å². The van der Waals surface area contributed by atoms with Crippen molar-refractivity contribution in [1.29, 1.82) is 0 Å². The summed E-state index contributed by atoms with van der Waals surface area (Å²) in [6.45, 7) is 3.29. The van der Waals surface area contributed by atoms with E-state index in [4.69, 9.17) is 16.3 Å². The monoisotopic (exact) mass is 275 g/mol. The SMILES string of the molecule is OC(CNCC1CCOCC1)c1ccc(Cl)s1. The molecular formula is C12H18ClNO2S.